The number of aliphatic hydroxyl groups excluding tert-OH is 1. The summed E-state index contributed by atoms with van der Waals surface area (Å²) in [6.45, 7) is 5.37. The normalized spacial score (nSPS) is 24.4. The number of allylic oxidation sites excluding steroid dienone is 5. The molecule has 0 aliphatic heterocycles. The highest BCUT2D eigenvalue weighted by molar-refractivity contribution is 6.25. The molecule has 4 N–H and O–H groups in total. The van der Waals surface area contributed by atoms with Crippen LogP contribution in [0.5, 0.6) is 11.5 Å². The Balaban J connectivity index is 2.36. The number of fused-ring (bicyclic) bond motifs is 1. The number of Topliss-reactive ketones (excluding diaryl/α,β-unsaturated/α-hetero) is 2. The second kappa shape index (κ2) is 9.50. The van der Waals surface area contributed by atoms with Gasteiger partial charge in [-0.1, -0.05) is 50.6 Å². The molecule has 32 heavy (non-hydrogen) atoms. The number of ketones is 2. The van der Waals surface area contributed by atoms with Crippen molar-refractivity contribution in [1.82, 2.24) is 0 Å². The number of hydrogen-bond acceptors (Lipinski definition) is 8. The van der Waals surface area contributed by atoms with Crippen LogP contribution in [-0.2, 0) is 26.5 Å². The quantitative estimate of drug-likeness (QED) is 0.165. The van der Waals surface area contributed by atoms with Crippen LogP contribution in [0.3, 0.4) is 0 Å². The van der Waals surface area contributed by atoms with E-state index in [9.17, 15) is 34.8 Å². The van der Waals surface area contributed by atoms with Crippen molar-refractivity contribution in [1.29, 1.82) is 0 Å². The monoisotopic (exact) mass is 444 g/mol. The molecular weight excluding hydrogens is 416 g/mol. The van der Waals surface area contributed by atoms with Crippen LogP contribution < -0.4 is 0 Å². The number of phenols is 2. The first kappa shape index (κ1) is 25.0. The molecule has 2 rings (SSSR count). The molecule has 0 aromatic heterocycles. The number of esters is 1. The van der Waals surface area contributed by atoms with Crippen LogP contribution in [0.1, 0.15) is 55.6 Å². The van der Waals surface area contributed by atoms with Crippen molar-refractivity contribution >= 4 is 17.5 Å². The summed E-state index contributed by atoms with van der Waals surface area (Å²) in [6.07, 6.45) is 10.5. The summed E-state index contributed by atoms with van der Waals surface area (Å²) in [4.78, 5) is 38.4. The Kier molecular flexibility index (Phi) is 7.43. The minimum Gasteiger partial charge on any atom is -0.504 e. The predicted molar refractivity (Wildman–Crippen MR) is 116 cm³/mol. The Morgan fingerprint density at radius 3 is 2.38 bits per heavy atom. The summed E-state index contributed by atoms with van der Waals surface area (Å²) in [7, 11) is 0. The molecule has 0 saturated carbocycles. The molecule has 8 nitrogen and oxygen atoms in total. The number of carbonyl (C=O) groups excluding carboxylic acids is 3. The van der Waals surface area contributed by atoms with Crippen molar-refractivity contribution in [2.24, 2.45) is 5.92 Å². The Labute approximate surface area is 186 Å². The summed E-state index contributed by atoms with van der Waals surface area (Å²) in [5, 5.41) is 40.4. The van der Waals surface area contributed by atoms with Crippen LogP contribution in [0.25, 0.3) is 0 Å². The SMILES string of the molecule is CCC(C)C=CC=CC=CC(=O)OC1(C)C(=O)c2c(cc(O)c(O)c2CO)C(C)(O)C1=O. The maximum absolute atomic E-state index is 13.2. The lowest BCUT2D eigenvalue weighted by atomic mass is 9.69. The van der Waals surface area contributed by atoms with Gasteiger partial charge in [0.25, 0.3) is 0 Å². The van der Waals surface area contributed by atoms with Crippen LogP contribution in [0.4, 0.5) is 0 Å². The molecule has 1 aliphatic carbocycles. The molecule has 0 heterocycles. The van der Waals surface area contributed by atoms with Gasteiger partial charge in [-0.05, 0) is 25.8 Å². The van der Waals surface area contributed by atoms with Gasteiger partial charge >= 0.3 is 5.97 Å². The van der Waals surface area contributed by atoms with E-state index < -0.39 is 46.8 Å². The lowest BCUT2D eigenvalue weighted by Crippen LogP contribution is -2.59. The smallest absolute Gasteiger partial charge is 0.332 e. The summed E-state index contributed by atoms with van der Waals surface area (Å²) < 4.78 is 5.17. The highest BCUT2D eigenvalue weighted by atomic mass is 16.6. The molecule has 3 atom stereocenters. The Bertz CT molecular complexity index is 1020. The molecule has 0 spiro atoms. The minimum absolute atomic E-state index is 0.299. The van der Waals surface area contributed by atoms with Crippen LogP contribution >= 0.6 is 0 Å². The highest BCUT2D eigenvalue weighted by Crippen LogP contribution is 2.45. The third-order valence-electron chi connectivity index (χ3n) is 5.55. The summed E-state index contributed by atoms with van der Waals surface area (Å²) in [5.41, 5.74) is -5.82. The van der Waals surface area contributed by atoms with Crippen molar-refractivity contribution in [3.63, 3.8) is 0 Å². The largest absolute Gasteiger partial charge is 0.504 e. The van der Waals surface area contributed by atoms with Gasteiger partial charge in [0.1, 0.15) is 0 Å². The van der Waals surface area contributed by atoms with Gasteiger partial charge in [-0.25, -0.2) is 4.79 Å². The molecular formula is C24H28O8. The fourth-order valence-corrected chi connectivity index (χ4v) is 3.42. The first-order chi connectivity index (χ1) is 14.9. The maximum Gasteiger partial charge on any atom is 0.332 e. The second-order valence-electron chi connectivity index (χ2n) is 8.00. The molecule has 0 radical (unpaired) electrons. The second-order valence-corrected chi connectivity index (χ2v) is 8.00. The van der Waals surface area contributed by atoms with E-state index in [4.69, 9.17) is 4.74 Å². The fraction of sp³-hybridized carbons (Fsp3) is 0.375. The predicted octanol–water partition coefficient (Wildman–Crippen LogP) is 2.58. The van der Waals surface area contributed by atoms with Crippen molar-refractivity contribution < 1.29 is 39.5 Å². The van der Waals surface area contributed by atoms with E-state index in [1.807, 2.05) is 12.2 Å². The van der Waals surface area contributed by atoms with Crippen LogP contribution in [0.15, 0.2) is 42.5 Å². The summed E-state index contributed by atoms with van der Waals surface area (Å²) in [6, 6.07) is 0.874. The number of benzene rings is 1. The van der Waals surface area contributed by atoms with Crippen LogP contribution in [0, 0.1) is 5.92 Å². The molecule has 8 heteroatoms. The molecule has 0 fully saturated rings. The van der Waals surface area contributed by atoms with Gasteiger partial charge in [0.05, 0.1) is 6.61 Å². The molecule has 0 bridgehead atoms. The molecule has 0 amide bonds. The van der Waals surface area contributed by atoms with Gasteiger partial charge in [-0.2, -0.15) is 0 Å². The number of ether oxygens (including phenoxy) is 1. The number of aliphatic hydroxyl groups is 2. The molecule has 1 aromatic carbocycles. The third-order valence-corrected chi connectivity index (χ3v) is 5.55. The van der Waals surface area contributed by atoms with E-state index in [2.05, 4.69) is 13.8 Å². The van der Waals surface area contributed by atoms with E-state index in [0.717, 1.165) is 32.4 Å². The average Bonchev–Trinajstić information content (AvgIpc) is 2.75. The zero-order valence-corrected chi connectivity index (χ0v) is 18.5. The van der Waals surface area contributed by atoms with E-state index in [0.29, 0.717) is 5.92 Å². The van der Waals surface area contributed by atoms with Crippen molar-refractivity contribution in [2.45, 2.75) is 51.9 Å². The maximum atomic E-state index is 13.2. The average molecular weight is 444 g/mol. The van der Waals surface area contributed by atoms with Gasteiger partial charge in [0, 0.05) is 22.8 Å². The molecule has 1 aliphatic rings. The molecule has 1 aromatic rings. The Morgan fingerprint density at radius 1 is 1.16 bits per heavy atom. The topological polar surface area (TPSA) is 141 Å². The van der Waals surface area contributed by atoms with Gasteiger partial charge in [-0.3, -0.25) is 9.59 Å². The number of aromatic hydroxyl groups is 2. The molecule has 3 unspecified atom stereocenters. The van der Waals surface area contributed by atoms with Crippen molar-refractivity contribution in [2.75, 3.05) is 0 Å². The van der Waals surface area contributed by atoms with E-state index in [1.165, 1.54) is 6.08 Å². The number of rotatable bonds is 7. The Morgan fingerprint density at radius 2 is 1.78 bits per heavy atom. The van der Waals surface area contributed by atoms with E-state index >= 15 is 0 Å². The van der Waals surface area contributed by atoms with Crippen LogP contribution in [0.2, 0.25) is 0 Å². The third kappa shape index (κ3) is 4.51. The minimum atomic E-state index is -2.41. The van der Waals surface area contributed by atoms with Gasteiger partial charge in [-0.15, -0.1) is 0 Å². The van der Waals surface area contributed by atoms with Gasteiger partial charge < -0.3 is 25.2 Å². The number of carbonyl (C=O) groups is 3. The number of phenolic OH excluding ortho intramolecular Hbond substituents is 1. The number of hydrogen-bond donors (Lipinski definition) is 4. The first-order valence-electron chi connectivity index (χ1n) is 10.2. The molecule has 0 saturated heterocycles. The Hall–Kier alpha value is -3.23. The van der Waals surface area contributed by atoms with E-state index in [1.54, 1.807) is 12.2 Å². The van der Waals surface area contributed by atoms with Gasteiger partial charge in [0.15, 0.2) is 17.1 Å². The molecule has 172 valence electrons. The fourth-order valence-electron chi connectivity index (χ4n) is 3.42. The zero-order valence-electron chi connectivity index (χ0n) is 18.5. The summed E-state index contributed by atoms with van der Waals surface area (Å²) >= 11 is 0. The van der Waals surface area contributed by atoms with Crippen LogP contribution in [-0.4, -0.2) is 43.6 Å². The highest BCUT2D eigenvalue weighted by Gasteiger charge is 2.59. The van der Waals surface area contributed by atoms with Crippen molar-refractivity contribution in [3.8, 4) is 11.5 Å². The van der Waals surface area contributed by atoms with Gasteiger partial charge in [0.2, 0.25) is 17.2 Å². The van der Waals surface area contributed by atoms with Crippen molar-refractivity contribution in [3.05, 3.63) is 59.2 Å². The lowest BCUT2D eigenvalue weighted by molar-refractivity contribution is -0.167. The standard InChI is InChI=1S/C24H28O8/c1-5-14(2)10-8-6-7-9-11-18(27)32-24(4)21(29)19-15(13-25)20(28)17(26)12-16(19)23(3,31)22(24)30/h6-12,14,25-26,28,31H,5,13H2,1-4H3. The summed E-state index contributed by atoms with van der Waals surface area (Å²) in [5.74, 6) is -4.22. The lowest BCUT2D eigenvalue weighted by Gasteiger charge is -2.39. The zero-order chi connectivity index (χ0) is 24.3. The van der Waals surface area contributed by atoms with E-state index in [-0.39, 0.29) is 16.7 Å². The first-order valence-corrected chi connectivity index (χ1v) is 10.2.